The zero-order valence-electron chi connectivity index (χ0n) is 23.6. The van der Waals surface area contributed by atoms with Gasteiger partial charge in [-0.3, -0.25) is 9.59 Å². The highest BCUT2D eigenvalue weighted by atomic mass is 16.6. The van der Waals surface area contributed by atoms with Crippen molar-refractivity contribution in [3.05, 3.63) is 71.3 Å². The van der Waals surface area contributed by atoms with Crippen LogP contribution in [0, 0.1) is 6.92 Å². The molecule has 0 aliphatic rings. The van der Waals surface area contributed by atoms with Gasteiger partial charge in [0.25, 0.3) is 0 Å². The highest BCUT2D eigenvalue weighted by molar-refractivity contribution is 5.92. The van der Waals surface area contributed by atoms with E-state index in [4.69, 9.17) is 4.74 Å². The number of ether oxygens (including phenoxy) is 1. The van der Waals surface area contributed by atoms with Crippen LogP contribution >= 0.6 is 0 Å². The lowest BCUT2D eigenvalue weighted by Crippen LogP contribution is -2.55. The van der Waals surface area contributed by atoms with E-state index in [1.165, 1.54) is 0 Å². The largest absolute Gasteiger partial charge is 0.444 e. The molecule has 0 fully saturated rings. The smallest absolute Gasteiger partial charge is 0.408 e. The molecule has 7 heteroatoms. The molecule has 2 rings (SSSR count). The van der Waals surface area contributed by atoms with Gasteiger partial charge in [0.05, 0.1) is 0 Å². The Kier molecular flexibility index (Phi) is 10.3. The summed E-state index contributed by atoms with van der Waals surface area (Å²) in [6.45, 7) is 15.3. The quantitative estimate of drug-likeness (QED) is 0.479. The van der Waals surface area contributed by atoms with Crippen LogP contribution in [0.3, 0.4) is 0 Å². The maximum atomic E-state index is 14.2. The summed E-state index contributed by atoms with van der Waals surface area (Å²) in [7, 11) is 0. The highest BCUT2D eigenvalue weighted by Crippen LogP contribution is 2.25. The van der Waals surface area contributed by atoms with E-state index in [1.54, 1.807) is 25.7 Å². The minimum atomic E-state index is -0.918. The van der Waals surface area contributed by atoms with Gasteiger partial charge < -0.3 is 20.3 Å². The Morgan fingerprint density at radius 1 is 0.946 bits per heavy atom. The van der Waals surface area contributed by atoms with Gasteiger partial charge in [0.1, 0.15) is 17.7 Å². The second kappa shape index (κ2) is 12.7. The van der Waals surface area contributed by atoms with Crippen molar-refractivity contribution in [2.75, 3.05) is 6.54 Å². The molecule has 0 heterocycles. The second-order valence-electron chi connectivity index (χ2n) is 11.5. The molecule has 2 N–H and O–H groups in total. The molecule has 202 valence electrons. The van der Waals surface area contributed by atoms with Crippen molar-refractivity contribution in [3.8, 4) is 0 Å². The topological polar surface area (TPSA) is 87.7 Å². The van der Waals surface area contributed by atoms with E-state index in [-0.39, 0.29) is 18.2 Å². The molecule has 2 atom stereocenters. The Hall–Kier alpha value is -3.35. The predicted molar refractivity (Wildman–Crippen MR) is 147 cm³/mol. The number of hydrogen-bond acceptors (Lipinski definition) is 4. The Bertz CT molecular complexity index is 1050. The fourth-order valence-electron chi connectivity index (χ4n) is 4.06. The Labute approximate surface area is 222 Å². The second-order valence-corrected chi connectivity index (χ2v) is 11.5. The number of benzene rings is 2. The summed E-state index contributed by atoms with van der Waals surface area (Å²) >= 11 is 0. The minimum Gasteiger partial charge on any atom is -0.444 e. The molecule has 0 aliphatic carbocycles. The number of nitrogens with zero attached hydrogens (tertiary/aromatic N) is 1. The van der Waals surface area contributed by atoms with Crippen molar-refractivity contribution in [3.63, 3.8) is 0 Å². The first-order valence-corrected chi connectivity index (χ1v) is 12.9. The molecule has 0 saturated heterocycles. The molecule has 3 amide bonds. The lowest BCUT2D eigenvalue weighted by Gasteiger charge is -2.36. The van der Waals surface area contributed by atoms with Crippen molar-refractivity contribution in [2.45, 2.75) is 91.5 Å². The number of aryl methyl sites for hydroxylation is 1. The van der Waals surface area contributed by atoms with Gasteiger partial charge in [-0.2, -0.15) is 0 Å². The minimum absolute atomic E-state index is 0.264. The predicted octanol–water partition coefficient (Wildman–Crippen LogP) is 5.33. The molecule has 2 aromatic carbocycles. The number of nitrogens with one attached hydrogen (secondary N) is 2. The third-order valence-corrected chi connectivity index (χ3v) is 5.44. The van der Waals surface area contributed by atoms with Gasteiger partial charge in [-0.25, -0.2) is 4.79 Å². The summed E-state index contributed by atoms with van der Waals surface area (Å²) in [5.74, 6) is -0.609. The summed E-state index contributed by atoms with van der Waals surface area (Å²) < 4.78 is 5.47. The average molecular weight is 510 g/mol. The zero-order chi connectivity index (χ0) is 27.8. The fraction of sp³-hybridized carbons (Fsp3) is 0.500. The Morgan fingerprint density at radius 3 is 2.14 bits per heavy atom. The molecule has 7 nitrogen and oxygen atoms in total. The van der Waals surface area contributed by atoms with E-state index < -0.39 is 29.3 Å². The first kappa shape index (κ1) is 29.9. The molecule has 0 radical (unpaired) electrons. The maximum absolute atomic E-state index is 14.2. The van der Waals surface area contributed by atoms with Crippen molar-refractivity contribution in [1.82, 2.24) is 15.5 Å². The van der Waals surface area contributed by atoms with Crippen LogP contribution in [0.1, 0.15) is 77.6 Å². The number of carbonyl (C=O) groups is 3. The molecular weight excluding hydrogens is 466 g/mol. The van der Waals surface area contributed by atoms with Crippen LogP contribution in [-0.4, -0.2) is 46.5 Å². The number of alkyl carbamates (subject to hydrolysis) is 1. The number of carbonyl (C=O) groups excluding carboxylic acids is 3. The van der Waals surface area contributed by atoms with Gasteiger partial charge in [0.2, 0.25) is 11.8 Å². The van der Waals surface area contributed by atoms with E-state index in [0.29, 0.717) is 13.0 Å². The third kappa shape index (κ3) is 9.90. The third-order valence-electron chi connectivity index (χ3n) is 5.44. The van der Waals surface area contributed by atoms with Crippen LogP contribution < -0.4 is 10.6 Å². The molecule has 0 spiro atoms. The molecule has 0 bridgehead atoms. The summed E-state index contributed by atoms with van der Waals surface area (Å²) in [5, 5.41) is 5.83. The van der Waals surface area contributed by atoms with Crippen LogP contribution in [0.2, 0.25) is 0 Å². The van der Waals surface area contributed by atoms with Crippen LogP contribution in [0.5, 0.6) is 0 Å². The van der Waals surface area contributed by atoms with Gasteiger partial charge in [-0.15, -0.1) is 0 Å². The van der Waals surface area contributed by atoms with E-state index in [0.717, 1.165) is 16.7 Å². The standard InChI is InChI=1S/C30H43N3O4/c1-9-18-33(25(26(34)32-29(3,4)5)23-17-13-14-21(2)19-23)27(35)24(20-22-15-11-10-12-16-22)31-28(36)37-30(6,7)8/h10-17,19,24-25H,9,18,20H2,1-8H3,(H,31,36)(H,32,34). The van der Waals surface area contributed by atoms with Gasteiger partial charge in [-0.1, -0.05) is 67.1 Å². The number of rotatable bonds is 9. The number of amides is 3. The molecule has 0 saturated carbocycles. The Morgan fingerprint density at radius 2 is 1.59 bits per heavy atom. The van der Waals surface area contributed by atoms with Crippen LogP contribution in [0.4, 0.5) is 4.79 Å². The molecule has 0 aromatic heterocycles. The van der Waals surface area contributed by atoms with E-state index in [9.17, 15) is 14.4 Å². The zero-order valence-corrected chi connectivity index (χ0v) is 23.6. The van der Waals surface area contributed by atoms with Crippen LogP contribution in [0.25, 0.3) is 0 Å². The lowest BCUT2D eigenvalue weighted by atomic mass is 9.98. The summed E-state index contributed by atoms with van der Waals surface area (Å²) in [5.41, 5.74) is 1.39. The molecule has 0 aliphatic heterocycles. The molecule has 2 unspecified atom stereocenters. The fourth-order valence-corrected chi connectivity index (χ4v) is 4.06. The van der Waals surface area contributed by atoms with Crippen molar-refractivity contribution in [1.29, 1.82) is 0 Å². The average Bonchev–Trinajstić information content (AvgIpc) is 2.76. The van der Waals surface area contributed by atoms with Crippen molar-refractivity contribution in [2.24, 2.45) is 0 Å². The SMILES string of the molecule is CCCN(C(=O)C(Cc1ccccc1)NC(=O)OC(C)(C)C)C(C(=O)NC(C)(C)C)c1cccc(C)c1. The first-order chi connectivity index (χ1) is 17.2. The van der Waals surface area contributed by atoms with Crippen LogP contribution in [0.15, 0.2) is 54.6 Å². The van der Waals surface area contributed by atoms with Gasteiger partial charge in [0, 0.05) is 18.5 Å². The van der Waals surface area contributed by atoms with Gasteiger partial charge in [-0.05, 0) is 66.0 Å². The van der Waals surface area contributed by atoms with Crippen molar-refractivity contribution < 1.29 is 19.1 Å². The van der Waals surface area contributed by atoms with Crippen molar-refractivity contribution >= 4 is 17.9 Å². The summed E-state index contributed by atoms with van der Waals surface area (Å²) in [6, 6.07) is 15.4. The molecule has 37 heavy (non-hydrogen) atoms. The van der Waals surface area contributed by atoms with Gasteiger partial charge in [0.15, 0.2) is 0 Å². The van der Waals surface area contributed by atoms with E-state index in [1.807, 2.05) is 89.2 Å². The molecular formula is C30H43N3O4. The van der Waals surface area contributed by atoms with Crippen LogP contribution in [-0.2, 0) is 20.7 Å². The van der Waals surface area contributed by atoms with E-state index >= 15 is 0 Å². The Balaban J connectivity index is 2.53. The number of hydrogen-bond donors (Lipinski definition) is 2. The van der Waals surface area contributed by atoms with E-state index in [2.05, 4.69) is 10.6 Å². The maximum Gasteiger partial charge on any atom is 0.408 e. The lowest BCUT2D eigenvalue weighted by molar-refractivity contribution is -0.143. The first-order valence-electron chi connectivity index (χ1n) is 12.9. The monoisotopic (exact) mass is 509 g/mol. The summed E-state index contributed by atoms with van der Waals surface area (Å²) in [4.78, 5) is 42.2. The molecule has 2 aromatic rings. The van der Waals surface area contributed by atoms with Gasteiger partial charge >= 0.3 is 6.09 Å². The normalized spacial score (nSPS) is 13.3. The summed E-state index contributed by atoms with van der Waals surface area (Å²) in [6.07, 6.45) is 0.228. The highest BCUT2D eigenvalue weighted by Gasteiger charge is 2.37.